The van der Waals surface area contributed by atoms with Crippen molar-refractivity contribution in [2.45, 2.75) is 19.2 Å². The normalized spacial score (nSPS) is 15.1. The Bertz CT molecular complexity index is 842. The highest BCUT2D eigenvalue weighted by molar-refractivity contribution is 5.91. The monoisotopic (exact) mass is 324 g/mol. The van der Waals surface area contributed by atoms with Crippen molar-refractivity contribution >= 4 is 5.91 Å². The summed E-state index contributed by atoms with van der Waals surface area (Å²) in [6.45, 7) is 1.54. The SMILES string of the molecule is O=C(c1cnco1)N1CCn2nc(C(O)c3ccccc3)cc2C1. The first-order valence-corrected chi connectivity index (χ1v) is 7.70. The minimum atomic E-state index is -0.775. The van der Waals surface area contributed by atoms with E-state index in [9.17, 15) is 9.90 Å². The van der Waals surface area contributed by atoms with Crippen molar-refractivity contribution in [3.05, 3.63) is 71.7 Å². The molecule has 0 radical (unpaired) electrons. The molecule has 0 aliphatic carbocycles. The van der Waals surface area contributed by atoms with E-state index in [1.54, 1.807) is 4.90 Å². The number of amides is 1. The number of oxazole rings is 1. The maximum absolute atomic E-state index is 12.3. The molecule has 2 aromatic heterocycles. The Kier molecular flexibility index (Phi) is 3.62. The molecule has 7 nitrogen and oxygen atoms in total. The second kappa shape index (κ2) is 5.93. The van der Waals surface area contributed by atoms with Gasteiger partial charge in [0.25, 0.3) is 5.91 Å². The van der Waals surface area contributed by atoms with Gasteiger partial charge in [-0.1, -0.05) is 30.3 Å². The van der Waals surface area contributed by atoms with Crippen molar-refractivity contribution in [1.29, 1.82) is 0 Å². The predicted molar refractivity (Wildman–Crippen MR) is 84.0 cm³/mol. The number of carbonyl (C=O) groups is 1. The fraction of sp³-hybridized carbons (Fsp3) is 0.235. The van der Waals surface area contributed by atoms with E-state index in [2.05, 4.69) is 10.1 Å². The van der Waals surface area contributed by atoms with Gasteiger partial charge in [-0.25, -0.2) is 4.98 Å². The van der Waals surface area contributed by atoms with Gasteiger partial charge < -0.3 is 14.4 Å². The van der Waals surface area contributed by atoms with Gasteiger partial charge in [-0.3, -0.25) is 9.48 Å². The van der Waals surface area contributed by atoms with Gasteiger partial charge in [0.1, 0.15) is 6.10 Å². The van der Waals surface area contributed by atoms with Crippen LogP contribution in [0.1, 0.15) is 33.6 Å². The van der Waals surface area contributed by atoms with Crippen LogP contribution in [0.2, 0.25) is 0 Å². The van der Waals surface area contributed by atoms with Crippen molar-refractivity contribution in [2.24, 2.45) is 0 Å². The Balaban J connectivity index is 1.55. The molecule has 0 saturated carbocycles. The van der Waals surface area contributed by atoms with Crippen molar-refractivity contribution in [1.82, 2.24) is 19.7 Å². The van der Waals surface area contributed by atoms with Crippen molar-refractivity contribution in [3.8, 4) is 0 Å². The summed E-state index contributed by atoms with van der Waals surface area (Å²) < 4.78 is 6.91. The lowest BCUT2D eigenvalue weighted by Crippen LogP contribution is -2.38. The molecule has 1 unspecified atom stereocenters. The minimum Gasteiger partial charge on any atom is -0.438 e. The predicted octanol–water partition coefficient (Wildman–Crippen LogP) is 1.61. The number of fused-ring (bicyclic) bond motifs is 1. The lowest BCUT2D eigenvalue weighted by molar-refractivity contribution is 0.0673. The first kappa shape index (κ1) is 14.6. The number of hydrogen-bond acceptors (Lipinski definition) is 5. The highest BCUT2D eigenvalue weighted by atomic mass is 16.3. The summed E-state index contributed by atoms with van der Waals surface area (Å²) in [6, 6.07) is 11.2. The standard InChI is InChI=1S/C17H16N4O3/c22-16(12-4-2-1-3-5-12)14-8-13-10-20(6-7-21(13)19-14)17(23)15-9-18-11-24-15/h1-5,8-9,11,16,22H,6-7,10H2. The summed E-state index contributed by atoms with van der Waals surface area (Å²) in [5, 5.41) is 15.0. The zero-order chi connectivity index (χ0) is 16.5. The Morgan fingerprint density at radius 3 is 2.83 bits per heavy atom. The van der Waals surface area contributed by atoms with Crippen LogP contribution in [0.4, 0.5) is 0 Å². The summed E-state index contributed by atoms with van der Waals surface area (Å²) >= 11 is 0. The average Bonchev–Trinajstić information content (AvgIpc) is 3.30. The number of aliphatic hydroxyl groups is 1. The summed E-state index contributed by atoms with van der Waals surface area (Å²) in [5.41, 5.74) is 2.27. The van der Waals surface area contributed by atoms with Crippen LogP contribution in [0.15, 0.2) is 53.4 Å². The average molecular weight is 324 g/mol. The third-order valence-corrected chi connectivity index (χ3v) is 4.14. The number of aromatic nitrogens is 3. The molecular formula is C17H16N4O3. The molecule has 122 valence electrons. The third-order valence-electron chi connectivity index (χ3n) is 4.14. The molecule has 3 heterocycles. The van der Waals surface area contributed by atoms with Crippen LogP contribution in [0, 0.1) is 0 Å². The number of aliphatic hydroxyl groups excluding tert-OH is 1. The minimum absolute atomic E-state index is 0.190. The van der Waals surface area contributed by atoms with Crippen molar-refractivity contribution in [3.63, 3.8) is 0 Å². The molecule has 0 saturated heterocycles. The first-order chi connectivity index (χ1) is 11.7. The lowest BCUT2D eigenvalue weighted by Gasteiger charge is -2.26. The Labute approximate surface area is 138 Å². The number of hydrogen-bond donors (Lipinski definition) is 1. The molecule has 1 N–H and O–H groups in total. The molecule has 1 aromatic carbocycles. The molecule has 0 spiro atoms. The smallest absolute Gasteiger partial charge is 0.291 e. The van der Waals surface area contributed by atoms with Crippen LogP contribution >= 0.6 is 0 Å². The Hall–Kier alpha value is -2.93. The van der Waals surface area contributed by atoms with Crippen LogP contribution in [0.5, 0.6) is 0 Å². The lowest BCUT2D eigenvalue weighted by atomic mass is 10.1. The molecule has 4 rings (SSSR count). The van der Waals surface area contributed by atoms with Gasteiger partial charge in [-0.2, -0.15) is 5.10 Å². The zero-order valence-electron chi connectivity index (χ0n) is 12.9. The summed E-state index contributed by atoms with van der Waals surface area (Å²) in [5.74, 6) is 0.0395. The third kappa shape index (κ3) is 2.59. The number of nitrogens with zero attached hydrogens (tertiary/aromatic N) is 4. The molecule has 24 heavy (non-hydrogen) atoms. The quantitative estimate of drug-likeness (QED) is 0.791. The molecule has 0 bridgehead atoms. The summed E-state index contributed by atoms with van der Waals surface area (Å²) in [4.78, 5) is 17.8. The summed E-state index contributed by atoms with van der Waals surface area (Å²) in [7, 11) is 0. The maximum atomic E-state index is 12.3. The van der Waals surface area contributed by atoms with Gasteiger partial charge in [-0.15, -0.1) is 0 Å². The van der Waals surface area contributed by atoms with Gasteiger partial charge >= 0.3 is 0 Å². The van der Waals surface area contributed by atoms with E-state index in [0.717, 1.165) is 11.3 Å². The molecule has 7 heteroatoms. The van der Waals surface area contributed by atoms with Gasteiger partial charge in [0, 0.05) is 6.54 Å². The van der Waals surface area contributed by atoms with Gasteiger partial charge in [-0.05, 0) is 11.6 Å². The van der Waals surface area contributed by atoms with Crippen LogP contribution < -0.4 is 0 Å². The Morgan fingerprint density at radius 1 is 1.25 bits per heavy atom. The first-order valence-electron chi connectivity index (χ1n) is 7.70. The van der Waals surface area contributed by atoms with E-state index in [4.69, 9.17) is 4.42 Å². The molecule has 3 aromatic rings. The van der Waals surface area contributed by atoms with E-state index in [-0.39, 0.29) is 11.7 Å². The number of benzene rings is 1. The number of rotatable bonds is 3. The van der Waals surface area contributed by atoms with Crippen LogP contribution in [0.3, 0.4) is 0 Å². The van der Waals surface area contributed by atoms with E-state index in [1.165, 1.54) is 12.6 Å². The van der Waals surface area contributed by atoms with Crippen LogP contribution in [0.25, 0.3) is 0 Å². The molecule has 1 aliphatic rings. The molecular weight excluding hydrogens is 308 g/mol. The molecule has 1 amide bonds. The van der Waals surface area contributed by atoms with E-state index >= 15 is 0 Å². The fourth-order valence-corrected chi connectivity index (χ4v) is 2.88. The van der Waals surface area contributed by atoms with Gasteiger partial charge in [0.2, 0.25) is 5.76 Å². The number of carbonyl (C=O) groups excluding carboxylic acids is 1. The second-order valence-corrected chi connectivity index (χ2v) is 5.69. The van der Waals surface area contributed by atoms with E-state index < -0.39 is 6.10 Å². The van der Waals surface area contributed by atoms with Gasteiger partial charge in [0.05, 0.1) is 30.7 Å². The van der Waals surface area contributed by atoms with E-state index in [0.29, 0.717) is 25.3 Å². The zero-order valence-corrected chi connectivity index (χ0v) is 12.9. The molecule has 0 fully saturated rings. The largest absolute Gasteiger partial charge is 0.438 e. The summed E-state index contributed by atoms with van der Waals surface area (Å²) in [6.07, 6.45) is 1.89. The topological polar surface area (TPSA) is 84.4 Å². The maximum Gasteiger partial charge on any atom is 0.291 e. The van der Waals surface area contributed by atoms with E-state index in [1.807, 2.05) is 41.1 Å². The Morgan fingerprint density at radius 2 is 2.08 bits per heavy atom. The van der Waals surface area contributed by atoms with Crippen LogP contribution in [-0.2, 0) is 13.1 Å². The fourth-order valence-electron chi connectivity index (χ4n) is 2.88. The van der Waals surface area contributed by atoms with Crippen molar-refractivity contribution in [2.75, 3.05) is 6.54 Å². The van der Waals surface area contributed by atoms with Gasteiger partial charge in [0.15, 0.2) is 6.39 Å². The van der Waals surface area contributed by atoms with Crippen molar-refractivity contribution < 1.29 is 14.3 Å². The second-order valence-electron chi connectivity index (χ2n) is 5.69. The molecule has 1 aliphatic heterocycles. The van der Waals surface area contributed by atoms with Crippen LogP contribution in [-0.4, -0.2) is 37.2 Å². The molecule has 1 atom stereocenters. The highest BCUT2D eigenvalue weighted by Crippen LogP contribution is 2.24. The highest BCUT2D eigenvalue weighted by Gasteiger charge is 2.26.